The number of hydrogen-bond acceptors (Lipinski definition) is 1. The lowest BCUT2D eigenvalue weighted by Gasteiger charge is -2.14. The molecule has 0 unspecified atom stereocenters. The van der Waals surface area contributed by atoms with Gasteiger partial charge in [0, 0.05) is 49.6 Å². The first kappa shape index (κ1) is 31.7. The summed E-state index contributed by atoms with van der Waals surface area (Å²) in [7, 11) is 0. The van der Waals surface area contributed by atoms with E-state index in [1.807, 2.05) is 0 Å². The summed E-state index contributed by atoms with van der Waals surface area (Å²) in [5, 5.41) is 7.20. The molecule has 0 amide bonds. The first-order valence-corrected chi connectivity index (χ1v) is 19.5. The number of nitrogens with zero attached hydrogens (tertiary/aromatic N) is 2. The highest BCUT2D eigenvalue weighted by molar-refractivity contribution is 6.15. The zero-order valence-electron chi connectivity index (χ0n) is 30.9. The molecule has 0 atom stereocenters. The van der Waals surface area contributed by atoms with Crippen molar-refractivity contribution in [3.63, 3.8) is 0 Å². The molecule has 3 aromatic heterocycles. The molecule has 9 aromatic carbocycles. The molecule has 3 heterocycles. The van der Waals surface area contributed by atoms with Gasteiger partial charge in [-0.3, -0.25) is 0 Å². The van der Waals surface area contributed by atoms with E-state index in [0.29, 0.717) is 0 Å². The average molecular weight is 727 g/mol. The van der Waals surface area contributed by atoms with E-state index in [9.17, 15) is 0 Å². The Morgan fingerprint density at radius 2 is 0.842 bits per heavy atom. The Morgan fingerprint density at radius 3 is 1.54 bits per heavy atom. The van der Waals surface area contributed by atoms with Crippen molar-refractivity contribution in [2.45, 2.75) is 0 Å². The average Bonchev–Trinajstić information content (AvgIpc) is 3.94. The fourth-order valence-corrected chi connectivity index (χ4v) is 9.18. The highest BCUT2D eigenvalue weighted by atomic mass is 16.3. The molecule has 3 heteroatoms. The highest BCUT2D eigenvalue weighted by Crippen LogP contribution is 2.42. The minimum atomic E-state index is 0.882. The van der Waals surface area contributed by atoms with E-state index < -0.39 is 0 Å². The van der Waals surface area contributed by atoms with Crippen LogP contribution in [-0.2, 0) is 0 Å². The molecule has 0 fully saturated rings. The number of fused-ring (bicyclic) bond motifs is 9. The third kappa shape index (κ3) is 4.86. The molecule has 57 heavy (non-hydrogen) atoms. The first-order chi connectivity index (χ1) is 28.3. The van der Waals surface area contributed by atoms with Gasteiger partial charge in [0.1, 0.15) is 11.2 Å². The minimum Gasteiger partial charge on any atom is -0.456 e. The molecule has 0 aliphatic heterocycles. The summed E-state index contributed by atoms with van der Waals surface area (Å²) in [4.78, 5) is 0. The van der Waals surface area contributed by atoms with Crippen molar-refractivity contribution in [1.29, 1.82) is 0 Å². The summed E-state index contributed by atoms with van der Waals surface area (Å²) >= 11 is 0. The van der Waals surface area contributed by atoms with Gasteiger partial charge in [-0.25, -0.2) is 0 Å². The largest absolute Gasteiger partial charge is 0.456 e. The zero-order chi connectivity index (χ0) is 37.5. The van der Waals surface area contributed by atoms with Gasteiger partial charge in [0.15, 0.2) is 0 Å². The SMILES string of the molecule is c1ccc(-c2ccccc2-n2c3ccccc3c3cc(-c4ccc5c(c4)c4ccccc4n5-c4ccc5c(c4)oc4cccc(-c6ccccc6)c45)ccc32)cc1. The van der Waals surface area contributed by atoms with Crippen LogP contribution in [0.5, 0.6) is 0 Å². The molecule has 0 N–H and O–H groups in total. The lowest BCUT2D eigenvalue weighted by molar-refractivity contribution is 0.668. The molecule has 0 saturated carbocycles. The molecule has 12 aromatic rings. The van der Waals surface area contributed by atoms with E-state index in [2.05, 4.69) is 215 Å². The second kappa shape index (κ2) is 12.5. The molecule has 0 spiro atoms. The van der Waals surface area contributed by atoms with Crippen LogP contribution in [0.1, 0.15) is 0 Å². The van der Waals surface area contributed by atoms with Crippen LogP contribution in [0.15, 0.2) is 211 Å². The molecule has 0 radical (unpaired) electrons. The van der Waals surface area contributed by atoms with Crippen LogP contribution in [0, 0.1) is 0 Å². The van der Waals surface area contributed by atoms with Crippen molar-refractivity contribution in [3.05, 3.63) is 206 Å². The van der Waals surface area contributed by atoms with Gasteiger partial charge in [-0.2, -0.15) is 0 Å². The maximum Gasteiger partial charge on any atom is 0.137 e. The van der Waals surface area contributed by atoms with Crippen LogP contribution in [0.3, 0.4) is 0 Å². The summed E-state index contributed by atoms with van der Waals surface area (Å²) in [6.45, 7) is 0. The van der Waals surface area contributed by atoms with Crippen LogP contribution in [0.4, 0.5) is 0 Å². The molecule has 0 bridgehead atoms. The van der Waals surface area contributed by atoms with Crippen LogP contribution < -0.4 is 0 Å². The van der Waals surface area contributed by atoms with Gasteiger partial charge < -0.3 is 13.6 Å². The Morgan fingerprint density at radius 1 is 0.298 bits per heavy atom. The third-order valence-corrected chi connectivity index (χ3v) is 11.7. The quantitative estimate of drug-likeness (QED) is 0.173. The topological polar surface area (TPSA) is 23.0 Å². The lowest BCUT2D eigenvalue weighted by Crippen LogP contribution is -1.97. The maximum absolute atomic E-state index is 6.56. The second-order valence-electron chi connectivity index (χ2n) is 14.9. The van der Waals surface area contributed by atoms with Gasteiger partial charge in [-0.05, 0) is 88.5 Å². The van der Waals surface area contributed by atoms with Crippen molar-refractivity contribution in [2.24, 2.45) is 0 Å². The zero-order valence-corrected chi connectivity index (χ0v) is 30.9. The van der Waals surface area contributed by atoms with E-state index in [4.69, 9.17) is 4.42 Å². The van der Waals surface area contributed by atoms with Gasteiger partial charge in [0.05, 0.1) is 27.8 Å². The molecule has 0 aliphatic rings. The van der Waals surface area contributed by atoms with Gasteiger partial charge in [-0.15, -0.1) is 0 Å². The summed E-state index contributed by atoms with van der Waals surface area (Å²) < 4.78 is 11.4. The summed E-state index contributed by atoms with van der Waals surface area (Å²) in [5.41, 5.74) is 15.9. The predicted octanol–water partition coefficient (Wildman–Crippen LogP) is 14.8. The van der Waals surface area contributed by atoms with E-state index in [1.165, 1.54) is 77.2 Å². The van der Waals surface area contributed by atoms with Crippen molar-refractivity contribution < 1.29 is 4.42 Å². The number of hydrogen-bond donors (Lipinski definition) is 0. The Bertz CT molecular complexity index is 3510. The number of furan rings is 1. The number of rotatable bonds is 5. The van der Waals surface area contributed by atoms with Crippen molar-refractivity contribution in [1.82, 2.24) is 9.13 Å². The molecule has 3 nitrogen and oxygen atoms in total. The van der Waals surface area contributed by atoms with Crippen molar-refractivity contribution in [3.8, 4) is 44.8 Å². The first-order valence-electron chi connectivity index (χ1n) is 19.5. The standard InChI is InChI=1S/C54H34N2O/c1-3-14-35(15-4-1)40-18-7-10-22-47(40)56-49-24-12-9-20-43(49)46-33-38(27-31-51(46)56)37-26-30-50-45(32-37)42-19-8-11-23-48(42)55(50)39-28-29-44-53(34-39)57-52-25-13-21-41(54(44)52)36-16-5-2-6-17-36/h1-34H. The summed E-state index contributed by atoms with van der Waals surface area (Å²) in [6.07, 6.45) is 0. The fourth-order valence-electron chi connectivity index (χ4n) is 9.18. The molecule has 0 aliphatic carbocycles. The maximum atomic E-state index is 6.56. The Labute approximate surface area is 328 Å². The Kier molecular flexibility index (Phi) is 6.93. The van der Waals surface area contributed by atoms with E-state index in [-0.39, 0.29) is 0 Å². The number of para-hydroxylation sites is 3. The lowest BCUT2D eigenvalue weighted by atomic mass is 9.99. The highest BCUT2D eigenvalue weighted by Gasteiger charge is 2.19. The summed E-state index contributed by atoms with van der Waals surface area (Å²) in [5.74, 6) is 0. The van der Waals surface area contributed by atoms with Crippen molar-refractivity contribution >= 4 is 65.6 Å². The second-order valence-corrected chi connectivity index (χ2v) is 14.9. The van der Waals surface area contributed by atoms with Crippen LogP contribution in [-0.4, -0.2) is 9.13 Å². The van der Waals surface area contributed by atoms with Gasteiger partial charge >= 0.3 is 0 Å². The van der Waals surface area contributed by atoms with E-state index in [1.54, 1.807) is 0 Å². The van der Waals surface area contributed by atoms with Crippen LogP contribution in [0.2, 0.25) is 0 Å². The monoisotopic (exact) mass is 726 g/mol. The van der Waals surface area contributed by atoms with Crippen LogP contribution in [0.25, 0.3) is 110 Å². The molecule has 266 valence electrons. The third-order valence-electron chi connectivity index (χ3n) is 11.7. The Balaban J connectivity index is 1.01. The van der Waals surface area contributed by atoms with Crippen LogP contribution >= 0.6 is 0 Å². The van der Waals surface area contributed by atoms with Crippen molar-refractivity contribution in [2.75, 3.05) is 0 Å². The normalized spacial score (nSPS) is 11.9. The fraction of sp³-hybridized carbons (Fsp3) is 0. The number of aromatic nitrogens is 2. The van der Waals surface area contributed by atoms with Gasteiger partial charge in [0.2, 0.25) is 0 Å². The minimum absolute atomic E-state index is 0.882. The Hall–Kier alpha value is -7.62. The molecular formula is C54H34N2O. The predicted molar refractivity (Wildman–Crippen MR) is 239 cm³/mol. The molecular weight excluding hydrogens is 693 g/mol. The van der Waals surface area contributed by atoms with E-state index >= 15 is 0 Å². The summed E-state index contributed by atoms with van der Waals surface area (Å²) in [6, 6.07) is 74.3. The number of benzene rings is 9. The smallest absolute Gasteiger partial charge is 0.137 e. The van der Waals surface area contributed by atoms with Gasteiger partial charge in [-0.1, -0.05) is 140 Å². The van der Waals surface area contributed by atoms with E-state index in [0.717, 1.165) is 33.1 Å². The van der Waals surface area contributed by atoms with Gasteiger partial charge in [0.25, 0.3) is 0 Å². The molecule has 0 saturated heterocycles. The molecule has 12 rings (SSSR count).